The van der Waals surface area contributed by atoms with E-state index in [1.165, 1.54) is 10.5 Å². The Morgan fingerprint density at radius 3 is 2.26 bits per heavy atom. The number of hydrogen-bond acceptors (Lipinski definition) is 4. The van der Waals surface area contributed by atoms with Gasteiger partial charge in [-0.3, -0.25) is 4.79 Å². The lowest BCUT2D eigenvalue weighted by Gasteiger charge is -2.21. The van der Waals surface area contributed by atoms with Gasteiger partial charge in [0.25, 0.3) is 5.91 Å². The predicted octanol–water partition coefficient (Wildman–Crippen LogP) is 3.87. The molecular formula is C22H27NO4. The highest BCUT2D eigenvalue weighted by Gasteiger charge is 2.26. The molecule has 0 saturated heterocycles. The number of nitrogens with zero attached hydrogens (tertiary/aromatic N) is 1. The molecule has 0 aliphatic carbocycles. The highest BCUT2D eigenvalue weighted by molar-refractivity contribution is 5.85. The molecule has 27 heavy (non-hydrogen) atoms. The van der Waals surface area contributed by atoms with Crippen LogP contribution >= 0.6 is 0 Å². The van der Waals surface area contributed by atoms with Crippen molar-refractivity contribution in [3.63, 3.8) is 0 Å². The van der Waals surface area contributed by atoms with Crippen LogP contribution in [0.4, 0.5) is 0 Å². The zero-order valence-electron chi connectivity index (χ0n) is 16.6. The molecule has 5 heteroatoms. The maximum atomic E-state index is 12.4. The van der Waals surface area contributed by atoms with Crippen LogP contribution in [0.15, 0.2) is 48.5 Å². The number of benzene rings is 2. The first-order valence-corrected chi connectivity index (χ1v) is 8.98. The molecule has 0 aromatic heterocycles. The van der Waals surface area contributed by atoms with E-state index in [4.69, 9.17) is 9.47 Å². The molecule has 0 radical (unpaired) electrons. The second kappa shape index (κ2) is 9.21. The standard InChI is InChI=1S/C22H27NO4/c1-15(2)19-12-11-18(13-16(19)3)26-14-20(24)27-21(22(25)23(4)5)17-9-7-6-8-10-17/h6-13,15,21H,14H2,1-5H3. The van der Waals surface area contributed by atoms with Crippen molar-refractivity contribution < 1.29 is 19.1 Å². The van der Waals surface area contributed by atoms with E-state index < -0.39 is 12.1 Å². The lowest BCUT2D eigenvalue weighted by atomic mass is 9.98. The third kappa shape index (κ3) is 5.58. The third-order valence-electron chi connectivity index (χ3n) is 4.24. The van der Waals surface area contributed by atoms with Crippen molar-refractivity contribution in [1.82, 2.24) is 4.90 Å². The monoisotopic (exact) mass is 369 g/mol. The van der Waals surface area contributed by atoms with Gasteiger partial charge in [-0.25, -0.2) is 4.79 Å². The molecule has 0 saturated carbocycles. The molecule has 2 aromatic rings. The Kier molecular flexibility index (Phi) is 6.99. The summed E-state index contributed by atoms with van der Waals surface area (Å²) in [6, 6.07) is 14.7. The summed E-state index contributed by atoms with van der Waals surface area (Å²) >= 11 is 0. The second-order valence-electron chi connectivity index (χ2n) is 6.98. The molecule has 0 bridgehead atoms. The molecule has 0 fully saturated rings. The Balaban J connectivity index is 2.04. The third-order valence-corrected chi connectivity index (χ3v) is 4.24. The van der Waals surface area contributed by atoms with Gasteiger partial charge in [-0.1, -0.05) is 50.2 Å². The van der Waals surface area contributed by atoms with Crippen molar-refractivity contribution >= 4 is 11.9 Å². The van der Waals surface area contributed by atoms with Crippen molar-refractivity contribution in [2.24, 2.45) is 0 Å². The summed E-state index contributed by atoms with van der Waals surface area (Å²) in [5, 5.41) is 0. The van der Waals surface area contributed by atoms with Crippen LogP contribution in [0.25, 0.3) is 0 Å². The van der Waals surface area contributed by atoms with Gasteiger partial charge >= 0.3 is 5.97 Å². The number of aryl methyl sites for hydroxylation is 1. The average Bonchev–Trinajstić information content (AvgIpc) is 2.64. The van der Waals surface area contributed by atoms with Gasteiger partial charge in [0.05, 0.1) is 0 Å². The maximum Gasteiger partial charge on any atom is 0.345 e. The minimum absolute atomic E-state index is 0.259. The van der Waals surface area contributed by atoms with E-state index in [0.717, 1.165) is 5.56 Å². The van der Waals surface area contributed by atoms with E-state index in [0.29, 0.717) is 17.2 Å². The molecule has 1 atom stereocenters. The van der Waals surface area contributed by atoms with E-state index in [1.54, 1.807) is 38.4 Å². The molecular weight excluding hydrogens is 342 g/mol. The fourth-order valence-electron chi connectivity index (χ4n) is 2.82. The summed E-state index contributed by atoms with van der Waals surface area (Å²) in [4.78, 5) is 26.1. The largest absolute Gasteiger partial charge is 0.482 e. The van der Waals surface area contributed by atoms with Crippen LogP contribution in [0, 0.1) is 6.92 Å². The molecule has 0 aliphatic rings. The van der Waals surface area contributed by atoms with Gasteiger partial charge in [0, 0.05) is 19.7 Å². The van der Waals surface area contributed by atoms with Crippen LogP contribution < -0.4 is 4.74 Å². The van der Waals surface area contributed by atoms with E-state index >= 15 is 0 Å². The number of likely N-dealkylation sites (N-methyl/N-ethyl adjacent to an activating group) is 1. The first-order valence-electron chi connectivity index (χ1n) is 8.98. The molecule has 0 heterocycles. The van der Waals surface area contributed by atoms with Crippen molar-refractivity contribution in [1.29, 1.82) is 0 Å². The van der Waals surface area contributed by atoms with Crippen molar-refractivity contribution in [2.75, 3.05) is 20.7 Å². The SMILES string of the molecule is Cc1cc(OCC(=O)OC(C(=O)N(C)C)c2ccccc2)ccc1C(C)C. The van der Waals surface area contributed by atoms with E-state index in [9.17, 15) is 9.59 Å². The van der Waals surface area contributed by atoms with Gasteiger partial charge in [-0.05, 0) is 36.1 Å². The maximum absolute atomic E-state index is 12.4. The van der Waals surface area contributed by atoms with Crippen molar-refractivity contribution in [3.05, 3.63) is 65.2 Å². The first kappa shape index (κ1) is 20.5. The quantitative estimate of drug-likeness (QED) is 0.695. The minimum atomic E-state index is -0.984. The molecule has 1 unspecified atom stereocenters. The number of amides is 1. The number of hydrogen-bond donors (Lipinski definition) is 0. The molecule has 5 nitrogen and oxygen atoms in total. The lowest BCUT2D eigenvalue weighted by molar-refractivity contribution is -0.161. The number of rotatable bonds is 7. The van der Waals surface area contributed by atoms with Crippen LogP contribution in [0.5, 0.6) is 5.75 Å². The average molecular weight is 369 g/mol. The lowest BCUT2D eigenvalue weighted by Crippen LogP contribution is -2.32. The van der Waals surface area contributed by atoms with E-state index in [-0.39, 0.29) is 12.5 Å². The van der Waals surface area contributed by atoms with Crippen LogP contribution in [0.3, 0.4) is 0 Å². The van der Waals surface area contributed by atoms with Gasteiger partial charge in [0.1, 0.15) is 5.75 Å². The number of carbonyl (C=O) groups excluding carboxylic acids is 2. The Morgan fingerprint density at radius 2 is 1.70 bits per heavy atom. The molecule has 0 aliphatic heterocycles. The molecule has 0 spiro atoms. The van der Waals surface area contributed by atoms with Crippen LogP contribution in [-0.2, 0) is 14.3 Å². The Bertz CT molecular complexity index is 784. The Hall–Kier alpha value is -2.82. The van der Waals surface area contributed by atoms with E-state index in [2.05, 4.69) is 13.8 Å². The van der Waals surface area contributed by atoms with Gasteiger partial charge < -0.3 is 14.4 Å². The summed E-state index contributed by atoms with van der Waals surface area (Å²) < 4.78 is 11.0. The number of carbonyl (C=O) groups is 2. The second-order valence-corrected chi connectivity index (χ2v) is 6.98. The summed E-state index contributed by atoms with van der Waals surface area (Å²) in [6.45, 7) is 6.02. The zero-order valence-corrected chi connectivity index (χ0v) is 16.6. The number of ether oxygens (including phenoxy) is 2. The Morgan fingerprint density at radius 1 is 1.04 bits per heavy atom. The summed E-state index contributed by atoms with van der Waals surface area (Å²) in [5.41, 5.74) is 2.98. The molecule has 1 amide bonds. The molecule has 0 N–H and O–H groups in total. The fraction of sp³-hybridized carbons (Fsp3) is 0.364. The molecule has 2 aromatic carbocycles. The van der Waals surface area contributed by atoms with Gasteiger partial charge in [-0.2, -0.15) is 0 Å². The van der Waals surface area contributed by atoms with Crippen molar-refractivity contribution in [2.45, 2.75) is 32.8 Å². The molecule has 2 rings (SSSR count). The summed E-state index contributed by atoms with van der Waals surface area (Å²) in [5.74, 6) is 0.132. The topological polar surface area (TPSA) is 55.8 Å². The van der Waals surface area contributed by atoms with Gasteiger partial charge in [-0.15, -0.1) is 0 Å². The molecule has 144 valence electrons. The smallest absolute Gasteiger partial charge is 0.345 e. The van der Waals surface area contributed by atoms with Crippen molar-refractivity contribution in [3.8, 4) is 5.75 Å². The van der Waals surface area contributed by atoms with Gasteiger partial charge in [0.15, 0.2) is 6.61 Å². The number of esters is 1. The van der Waals surface area contributed by atoms with Crippen LogP contribution in [0.2, 0.25) is 0 Å². The highest BCUT2D eigenvalue weighted by atomic mass is 16.6. The fourth-order valence-corrected chi connectivity index (χ4v) is 2.82. The predicted molar refractivity (Wildman–Crippen MR) is 105 cm³/mol. The summed E-state index contributed by atoms with van der Waals surface area (Å²) in [7, 11) is 3.25. The first-order chi connectivity index (χ1) is 12.8. The van der Waals surface area contributed by atoms with Gasteiger partial charge in [0.2, 0.25) is 6.10 Å². The normalized spacial score (nSPS) is 11.8. The minimum Gasteiger partial charge on any atom is -0.482 e. The van der Waals surface area contributed by atoms with Crippen LogP contribution in [-0.4, -0.2) is 37.5 Å². The zero-order chi connectivity index (χ0) is 20.0. The summed E-state index contributed by atoms with van der Waals surface area (Å²) in [6.07, 6.45) is -0.984. The highest BCUT2D eigenvalue weighted by Crippen LogP contribution is 2.24. The van der Waals surface area contributed by atoms with Crippen LogP contribution in [0.1, 0.15) is 42.6 Å². The van der Waals surface area contributed by atoms with E-state index in [1.807, 2.05) is 31.2 Å². The Labute approximate surface area is 160 Å².